The quantitative estimate of drug-likeness (QED) is 0.847. The Bertz CT molecular complexity index is 617. The van der Waals surface area contributed by atoms with Crippen LogP contribution in [0.1, 0.15) is 53.5 Å². The second-order valence-electron chi connectivity index (χ2n) is 5.78. The SMILES string of the molecule is Cc1ccc(C(N)c2cccc(C3CCC3)c2)cc1Cl. The van der Waals surface area contributed by atoms with Crippen LogP contribution in [0.4, 0.5) is 0 Å². The Morgan fingerprint density at radius 2 is 1.85 bits per heavy atom. The van der Waals surface area contributed by atoms with Crippen LogP contribution in [0.5, 0.6) is 0 Å². The highest BCUT2D eigenvalue weighted by atomic mass is 35.5. The van der Waals surface area contributed by atoms with Crippen LogP contribution in [-0.2, 0) is 0 Å². The number of aryl methyl sites for hydroxylation is 1. The van der Waals surface area contributed by atoms with E-state index in [-0.39, 0.29) is 6.04 Å². The van der Waals surface area contributed by atoms with Gasteiger partial charge in [-0.3, -0.25) is 0 Å². The summed E-state index contributed by atoms with van der Waals surface area (Å²) in [6.07, 6.45) is 3.98. The molecule has 2 heteroatoms. The Labute approximate surface area is 125 Å². The molecule has 1 atom stereocenters. The maximum absolute atomic E-state index is 6.41. The number of nitrogens with two attached hydrogens (primary N) is 1. The molecule has 2 aromatic rings. The fourth-order valence-corrected chi connectivity index (χ4v) is 2.93. The molecule has 20 heavy (non-hydrogen) atoms. The van der Waals surface area contributed by atoms with Crippen molar-refractivity contribution in [1.29, 1.82) is 0 Å². The summed E-state index contributed by atoms with van der Waals surface area (Å²) in [5.74, 6) is 0.740. The van der Waals surface area contributed by atoms with Gasteiger partial charge in [0.15, 0.2) is 0 Å². The van der Waals surface area contributed by atoms with Crippen molar-refractivity contribution in [2.75, 3.05) is 0 Å². The molecule has 3 rings (SSSR count). The number of hydrogen-bond acceptors (Lipinski definition) is 1. The third-order valence-corrected chi connectivity index (χ3v) is 4.81. The van der Waals surface area contributed by atoms with E-state index in [0.29, 0.717) is 0 Å². The van der Waals surface area contributed by atoms with Gasteiger partial charge in [-0.25, -0.2) is 0 Å². The maximum atomic E-state index is 6.41. The topological polar surface area (TPSA) is 26.0 Å². The maximum Gasteiger partial charge on any atom is 0.0552 e. The molecule has 1 saturated carbocycles. The third kappa shape index (κ3) is 2.61. The molecule has 1 fully saturated rings. The first-order valence-corrected chi connectivity index (χ1v) is 7.64. The highest BCUT2D eigenvalue weighted by molar-refractivity contribution is 6.31. The molecule has 1 nitrogen and oxygen atoms in total. The zero-order valence-corrected chi connectivity index (χ0v) is 12.5. The summed E-state index contributed by atoms with van der Waals surface area (Å²) < 4.78 is 0. The summed E-state index contributed by atoms with van der Waals surface area (Å²) in [5, 5.41) is 0.785. The molecule has 0 amide bonds. The molecule has 2 aromatic carbocycles. The van der Waals surface area contributed by atoms with Gasteiger partial charge in [0.25, 0.3) is 0 Å². The van der Waals surface area contributed by atoms with Crippen LogP contribution in [0.3, 0.4) is 0 Å². The van der Waals surface area contributed by atoms with Gasteiger partial charge >= 0.3 is 0 Å². The largest absolute Gasteiger partial charge is 0.320 e. The highest BCUT2D eigenvalue weighted by Crippen LogP contribution is 2.37. The minimum Gasteiger partial charge on any atom is -0.320 e. The van der Waals surface area contributed by atoms with Crippen LogP contribution >= 0.6 is 11.6 Å². The van der Waals surface area contributed by atoms with Gasteiger partial charge in [0.1, 0.15) is 0 Å². The smallest absolute Gasteiger partial charge is 0.0552 e. The normalized spacial score (nSPS) is 16.8. The van der Waals surface area contributed by atoms with Gasteiger partial charge in [0.05, 0.1) is 6.04 Å². The first-order valence-electron chi connectivity index (χ1n) is 7.26. The summed E-state index contributed by atoms with van der Waals surface area (Å²) in [6.45, 7) is 2.01. The summed E-state index contributed by atoms with van der Waals surface area (Å²) in [4.78, 5) is 0. The van der Waals surface area contributed by atoms with Crippen LogP contribution in [0.2, 0.25) is 5.02 Å². The molecule has 104 valence electrons. The minimum absolute atomic E-state index is 0.104. The number of benzene rings is 2. The Kier molecular flexibility index (Phi) is 3.82. The number of rotatable bonds is 3. The standard InChI is InChI=1S/C18H20ClN/c1-12-8-9-16(11-17(12)19)18(20)15-7-3-6-14(10-15)13-4-2-5-13/h3,6-11,13,18H,2,4-5,20H2,1H3. The van der Waals surface area contributed by atoms with E-state index in [2.05, 4.69) is 30.3 Å². The van der Waals surface area contributed by atoms with Crippen molar-refractivity contribution < 1.29 is 0 Å². The van der Waals surface area contributed by atoms with Crippen LogP contribution in [0.25, 0.3) is 0 Å². The molecular formula is C18H20ClN. The number of hydrogen-bond donors (Lipinski definition) is 1. The fourth-order valence-electron chi connectivity index (χ4n) is 2.74. The van der Waals surface area contributed by atoms with Gasteiger partial charge in [-0.1, -0.05) is 54.4 Å². The predicted octanol–water partition coefficient (Wildman–Crippen LogP) is 4.96. The summed E-state index contributed by atoms with van der Waals surface area (Å²) in [7, 11) is 0. The van der Waals surface area contributed by atoms with Gasteiger partial charge in [0, 0.05) is 5.02 Å². The molecule has 0 bridgehead atoms. The summed E-state index contributed by atoms with van der Waals surface area (Å²) in [6, 6.07) is 14.7. The lowest BCUT2D eigenvalue weighted by atomic mass is 9.79. The van der Waals surface area contributed by atoms with Crippen LogP contribution in [-0.4, -0.2) is 0 Å². The van der Waals surface area contributed by atoms with Gasteiger partial charge in [-0.15, -0.1) is 0 Å². The Morgan fingerprint density at radius 1 is 1.10 bits per heavy atom. The molecule has 0 aromatic heterocycles. The van der Waals surface area contributed by atoms with E-state index in [1.807, 2.05) is 19.1 Å². The average Bonchev–Trinajstić information content (AvgIpc) is 2.39. The first-order chi connectivity index (χ1) is 9.65. The molecule has 2 N–H and O–H groups in total. The zero-order chi connectivity index (χ0) is 14.1. The molecule has 1 aliphatic carbocycles. The van der Waals surface area contributed by atoms with E-state index in [1.54, 1.807) is 0 Å². The van der Waals surface area contributed by atoms with Gasteiger partial charge in [-0.2, -0.15) is 0 Å². The Balaban J connectivity index is 1.89. The zero-order valence-electron chi connectivity index (χ0n) is 11.8. The third-order valence-electron chi connectivity index (χ3n) is 4.40. The van der Waals surface area contributed by atoms with E-state index in [4.69, 9.17) is 17.3 Å². The van der Waals surface area contributed by atoms with Crippen molar-refractivity contribution in [2.45, 2.75) is 38.1 Å². The van der Waals surface area contributed by atoms with Crippen molar-refractivity contribution in [3.8, 4) is 0 Å². The van der Waals surface area contributed by atoms with E-state index in [9.17, 15) is 0 Å². The molecule has 0 heterocycles. The molecule has 1 aliphatic rings. The summed E-state index contributed by atoms with van der Waals surface area (Å²) >= 11 is 6.20. The van der Waals surface area contributed by atoms with E-state index in [0.717, 1.165) is 22.1 Å². The molecule has 0 saturated heterocycles. The van der Waals surface area contributed by atoms with Crippen LogP contribution in [0.15, 0.2) is 42.5 Å². The lowest BCUT2D eigenvalue weighted by molar-refractivity contribution is 0.419. The Hall–Kier alpha value is -1.31. The lowest BCUT2D eigenvalue weighted by Crippen LogP contribution is -2.14. The minimum atomic E-state index is -0.104. The second kappa shape index (κ2) is 5.59. The van der Waals surface area contributed by atoms with E-state index in [1.165, 1.54) is 30.4 Å². The van der Waals surface area contributed by atoms with Gasteiger partial charge < -0.3 is 5.73 Å². The van der Waals surface area contributed by atoms with Crippen molar-refractivity contribution in [3.63, 3.8) is 0 Å². The van der Waals surface area contributed by atoms with Gasteiger partial charge in [0.2, 0.25) is 0 Å². The van der Waals surface area contributed by atoms with E-state index < -0.39 is 0 Å². The Morgan fingerprint density at radius 3 is 2.50 bits per heavy atom. The molecule has 0 aliphatic heterocycles. The predicted molar refractivity (Wildman–Crippen MR) is 85.3 cm³/mol. The second-order valence-corrected chi connectivity index (χ2v) is 6.19. The summed E-state index contributed by atoms with van der Waals surface area (Å²) in [5.41, 5.74) is 11.2. The van der Waals surface area contributed by atoms with Crippen LogP contribution in [0, 0.1) is 6.92 Å². The highest BCUT2D eigenvalue weighted by Gasteiger charge is 2.20. The van der Waals surface area contributed by atoms with Crippen molar-refractivity contribution >= 4 is 11.6 Å². The molecule has 0 spiro atoms. The molecule has 0 radical (unpaired) electrons. The molecular weight excluding hydrogens is 266 g/mol. The first kappa shape index (κ1) is 13.7. The van der Waals surface area contributed by atoms with Crippen LogP contribution < -0.4 is 5.73 Å². The average molecular weight is 286 g/mol. The van der Waals surface area contributed by atoms with E-state index >= 15 is 0 Å². The van der Waals surface area contributed by atoms with Crippen molar-refractivity contribution in [2.24, 2.45) is 5.73 Å². The fraction of sp³-hybridized carbons (Fsp3) is 0.333. The van der Waals surface area contributed by atoms with Crippen molar-refractivity contribution in [3.05, 3.63) is 69.7 Å². The van der Waals surface area contributed by atoms with Crippen molar-refractivity contribution in [1.82, 2.24) is 0 Å². The molecule has 1 unspecified atom stereocenters. The lowest BCUT2D eigenvalue weighted by Gasteiger charge is -2.26. The van der Waals surface area contributed by atoms with Gasteiger partial charge in [-0.05, 0) is 54.0 Å². The monoisotopic (exact) mass is 285 g/mol. The number of halogens is 1.